The number of carbonyl (C=O) groups excluding carboxylic acids is 1. The maximum absolute atomic E-state index is 10.0. The number of ketones is 1. The summed E-state index contributed by atoms with van der Waals surface area (Å²) in [6.07, 6.45) is 3.04. The Morgan fingerprint density at radius 1 is 1.09 bits per heavy atom. The number of aliphatic hydroxyl groups is 1. The molecule has 4 aromatic rings. The average molecular weight is 618 g/mol. The van der Waals surface area contributed by atoms with Gasteiger partial charge in [-0.25, -0.2) is 0 Å². The first-order chi connectivity index (χ1) is 15.1. The van der Waals surface area contributed by atoms with Crippen molar-refractivity contribution in [3.05, 3.63) is 72.1 Å². The summed E-state index contributed by atoms with van der Waals surface area (Å²) in [5.41, 5.74) is 3.95. The number of hydrogen-bond acceptors (Lipinski definition) is 5. The third-order valence-electron chi connectivity index (χ3n) is 5.15. The van der Waals surface area contributed by atoms with E-state index in [1.165, 1.54) is 30.9 Å². The maximum atomic E-state index is 10.0. The van der Waals surface area contributed by atoms with Gasteiger partial charge in [-0.2, -0.15) is 0 Å². The molecule has 0 amide bonds. The second kappa shape index (κ2) is 9.42. The summed E-state index contributed by atoms with van der Waals surface area (Å²) in [4.78, 5) is 19.4. The van der Waals surface area contributed by atoms with E-state index < -0.39 is 0 Å². The minimum atomic E-state index is -0.125. The summed E-state index contributed by atoms with van der Waals surface area (Å²) in [7, 11) is 0. The molecule has 0 spiro atoms. The Morgan fingerprint density at radius 3 is 2.45 bits per heavy atom. The molecule has 5 rings (SSSR count). The van der Waals surface area contributed by atoms with Gasteiger partial charge in [0.05, 0.1) is 5.76 Å². The van der Waals surface area contributed by atoms with Crippen LogP contribution in [0.2, 0.25) is 0 Å². The topological polar surface area (TPSA) is 72.3 Å². The summed E-state index contributed by atoms with van der Waals surface area (Å²) >= 11 is 0. The second-order valence-corrected chi connectivity index (χ2v) is 8.88. The molecule has 33 heavy (non-hydrogen) atoms. The summed E-state index contributed by atoms with van der Waals surface area (Å²) < 4.78 is 6.14. The Morgan fingerprint density at radius 2 is 1.82 bits per heavy atom. The average Bonchev–Trinajstić information content (AvgIpc) is 2.71. The van der Waals surface area contributed by atoms with Gasteiger partial charge in [-0.05, 0) is 53.4 Å². The maximum Gasteiger partial charge on any atom is 0.155 e. The zero-order valence-corrected chi connectivity index (χ0v) is 21.6. The van der Waals surface area contributed by atoms with Gasteiger partial charge in [0, 0.05) is 43.5 Å². The molecule has 171 valence electrons. The smallest absolute Gasteiger partial charge is 0.155 e. The van der Waals surface area contributed by atoms with Crippen LogP contribution in [0.1, 0.15) is 40.2 Å². The number of pyridine rings is 2. The van der Waals surface area contributed by atoms with Gasteiger partial charge in [-0.15, -0.1) is 12.1 Å². The minimum absolute atomic E-state index is 0. The van der Waals surface area contributed by atoms with Gasteiger partial charge in [0.1, 0.15) is 5.75 Å². The molecule has 3 heterocycles. The van der Waals surface area contributed by atoms with Crippen molar-refractivity contribution in [2.45, 2.75) is 40.0 Å². The number of hydrogen-bond donors (Lipinski definition) is 1. The number of rotatable bonds is 1. The number of para-hydroxylation sites is 1. The molecule has 2 aromatic heterocycles. The predicted octanol–water partition coefficient (Wildman–Crippen LogP) is 6.69. The van der Waals surface area contributed by atoms with Gasteiger partial charge in [0.2, 0.25) is 0 Å². The molecule has 0 atom stereocenters. The quantitative estimate of drug-likeness (QED) is 0.129. The van der Waals surface area contributed by atoms with Crippen LogP contribution in [0.5, 0.6) is 11.6 Å². The van der Waals surface area contributed by atoms with Crippen molar-refractivity contribution in [3.63, 3.8) is 0 Å². The van der Waals surface area contributed by atoms with E-state index in [-0.39, 0.29) is 37.1 Å². The Bertz CT molecular complexity index is 1380. The molecule has 5 nitrogen and oxygen atoms in total. The van der Waals surface area contributed by atoms with Crippen LogP contribution in [0, 0.1) is 6.07 Å². The number of benzene rings is 2. The van der Waals surface area contributed by atoms with E-state index in [0.29, 0.717) is 5.88 Å². The van der Waals surface area contributed by atoms with Crippen molar-refractivity contribution in [3.8, 4) is 22.9 Å². The van der Waals surface area contributed by atoms with Crippen molar-refractivity contribution >= 4 is 27.5 Å². The molecule has 1 radical (unpaired) electrons. The van der Waals surface area contributed by atoms with Crippen LogP contribution in [-0.2, 0) is 30.3 Å². The largest absolute Gasteiger partial charge is 0.512 e. The Hall–Kier alpha value is -3.08. The van der Waals surface area contributed by atoms with Crippen LogP contribution in [0.4, 0.5) is 0 Å². The molecular formula is C27H25IrN2O3-. The standard InChI is InChI=1S/C22H17N2O.C5H8O2.Ir/c1-22(2,3)16-8-9-18-19-14(16)10-11-23-20(19)15-12-13-6-4-5-7-17(13)24-21(15)25-18;1-4(6)3-5(2)7;/h4-11H,1-3H3;3,6H,1-2H3;/q-1;;/b;4-3-;. The van der Waals surface area contributed by atoms with E-state index in [4.69, 9.17) is 9.84 Å². The Balaban J connectivity index is 0.000000337. The summed E-state index contributed by atoms with van der Waals surface area (Å²) in [5.74, 6) is 1.33. The molecule has 0 aliphatic carbocycles. The molecule has 6 heteroatoms. The van der Waals surface area contributed by atoms with Crippen LogP contribution in [0.15, 0.2) is 60.5 Å². The zero-order chi connectivity index (χ0) is 23.0. The number of allylic oxidation sites excluding steroid dienone is 2. The number of aromatic nitrogens is 2. The van der Waals surface area contributed by atoms with Gasteiger partial charge in [-0.1, -0.05) is 50.4 Å². The van der Waals surface area contributed by atoms with Gasteiger partial charge in [0.25, 0.3) is 0 Å². The van der Waals surface area contributed by atoms with E-state index in [2.05, 4.69) is 48.9 Å². The second-order valence-electron chi connectivity index (χ2n) is 8.88. The van der Waals surface area contributed by atoms with E-state index in [1.54, 1.807) is 0 Å². The van der Waals surface area contributed by atoms with Gasteiger partial charge < -0.3 is 9.84 Å². The predicted molar refractivity (Wildman–Crippen MR) is 127 cm³/mol. The Kier molecular flexibility index (Phi) is 7.01. The third-order valence-corrected chi connectivity index (χ3v) is 5.15. The fourth-order valence-corrected chi connectivity index (χ4v) is 3.86. The normalized spacial score (nSPS) is 12.2. The first-order valence-electron chi connectivity index (χ1n) is 10.5. The summed E-state index contributed by atoms with van der Waals surface area (Å²) in [6, 6.07) is 17.7. The monoisotopic (exact) mass is 618 g/mol. The van der Waals surface area contributed by atoms with E-state index in [0.717, 1.165) is 33.3 Å². The fraction of sp³-hybridized carbons (Fsp3) is 0.222. The third kappa shape index (κ3) is 4.97. The van der Waals surface area contributed by atoms with Gasteiger partial charge >= 0.3 is 0 Å². The van der Waals surface area contributed by atoms with E-state index in [1.807, 2.05) is 36.5 Å². The van der Waals surface area contributed by atoms with E-state index in [9.17, 15) is 4.79 Å². The molecule has 0 fully saturated rings. The van der Waals surface area contributed by atoms with Gasteiger partial charge in [0.15, 0.2) is 11.7 Å². The van der Waals surface area contributed by atoms with E-state index >= 15 is 0 Å². The number of carbonyl (C=O) groups is 1. The SMILES string of the molecule is CC(=O)/C=C(/C)O.CC(C)(C)c1ccc2c3c(nccc13)-c1[c-]c3ccccc3nc1O2.[Ir]. The first-order valence-corrected chi connectivity index (χ1v) is 10.5. The molecule has 0 unspecified atom stereocenters. The molecule has 0 bridgehead atoms. The number of aliphatic hydroxyl groups excluding tert-OH is 1. The summed E-state index contributed by atoms with van der Waals surface area (Å²) in [6.45, 7) is 9.52. The molecule has 2 aromatic carbocycles. The van der Waals surface area contributed by atoms with Crippen LogP contribution in [0.3, 0.4) is 0 Å². The van der Waals surface area contributed by atoms with Crippen LogP contribution >= 0.6 is 0 Å². The van der Waals surface area contributed by atoms with Crippen LogP contribution in [-0.4, -0.2) is 20.9 Å². The first kappa shape index (κ1) is 24.6. The number of fused-ring (bicyclic) bond motifs is 3. The molecule has 1 aliphatic heterocycles. The number of ether oxygens (including phenoxy) is 1. The minimum Gasteiger partial charge on any atom is -0.512 e. The number of nitrogens with zero attached hydrogens (tertiary/aromatic N) is 2. The molecule has 1 aliphatic rings. The molecule has 1 N–H and O–H groups in total. The summed E-state index contributed by atoms with van der Waals surface area (Å²) in [5, 5.41) is 11.6. The van der Waals surface area contributed by atoms with Crippen molar-refractivity contribution in [1.29, 1.82) is 0 Å². The Labute approximate surface area is 206 Å². The molecular weight excluding hydrogens is 593 g/mol. The zero-order valence-electron chi connectivity index (χ0n) is 19.2. The van der Waals surface area contributed by atoms with Crippen molar-refractivity contribution < 1.29 is 34.7 Å². The fourth-order valence-electron chi connectivity index (χ4n) is 3.86. The molecule has 0 saturated heterocycles. The van der Waals surface area contributed by atoms with Crippen LogP contribution in [0.25, 0.3) is 32.9 Å². The molecule has 0 saturated carbocycles. The van der Waals surface area contributed by atoms with Crippen LogP contribution < -0.4 is 4.74 Å². The van der Waals surface area contributed by atoms with Crippen molar-refractivity contribution in [1.82, 2.24) is 9.97 Å². The van der Waals surface area contributed by atoms with Crippen molar-refractivity contribution in [2.75, 3.05) is 0 Å². The van der Waals surface area contributed by atoms with Crippen molar-refractivity contribution in [2.24, 2.45) is 0 Å². The van der Waals surface area contributed by atoms with Gasteiger partial charge in [-0.3, -0.25) is 14.8 Å².